The summed E-state index contributed by atoms with van der Waals surface area (Å²) < 4.78 is 5.34. The number of benzene rings is 1. The molecule has 0 aliphatic heterocycles. The topological polar surface area (TPSA) is 21.3 Å². The van der Waals surface area contributed by atoms with Crippen molar-refractivity contribution in [3.63, 3.8) is 0 Å². The SMILES string of the molecule is CNCC1CCC(C)(C)CC1c1ccc(OC)cc1C. The van der Waals surface area contributed by atoms with Gasteiger partial charge in [-0.05, 0) is 80.3 Å². The molecule has 112 valence electrons. The van der Waals surface area contributed by atoms with Crippen LogP contribution in [0.25, 0.3) is 0 Å². The second-order valence-electron chi connectivity index (χ2n) is 7.05. The molecule has 0 saturated heterocycles. The van der Waals surface area contributed by atoms with Crippen molar-refractivity contribution in [3.8, 4) is 5.75 Å². The Labute approximate surface area is 123 Å². The molecular weight excluding hydrogens is 246 g/mol. The van der Waals surface area contributed by atoms with Crippen LogP contribution in [-0.2, 0) is 0 Å². The van der Waals surface area contributed by atoms with Gasteiger partial charge in [0.15, 0.2) is 0 Å². The van der Waals surface area contributed by atoms with Gasteiger partial charge in [-0.1, -0.05) is 19.9 Å². The third kappa shape index (κ3) is 3.35. The minimum absolute atomic E-state index is 0.460. The van der Waals surface area contributed by atoms with Gasteiger partial charge >= 0.3 is 0 Å². The fraction of sp³-hybridized carbons (Fsp3) is 0.667. The lowest BCUT2D eigenvalue weighted by Crippen LogP contribution is -2.34. The first-order valence-corrected chi connectivity index (χ1v) is 7.76. The van der Waals surface area contributed by atoms with Gasteiger partial charge in [0, 0.05) is 0 Å². The maximum atomic E-state index is 5.34. The van der Waals surface area contributed by atoms with E-state index in [2.05, 4.69) is 51.3 Å². The Hall–Kier alpha value is -1.02. The molecule has 2 rings (SSSR count). The molecule has 0 aromatic heterocycles. The quantitative estimate of drug-likeness (QED) is 0.892. The third-order valence-electron chi connectivity index (χ3n) is 4.88. The minimum atomic E-state index is 0.460. The average molecular weight is 275 g/mol. The minimum Gasteiger partial charge on any atom is -0.497 e. The highest BCUT2D eigenvalue weighted by molar-refractivity contribution is 5.37. The highest BCUT2D eigenvalue weighted by Gasteiger charge is 2.35. The molecule has 2 unspecified atom stereocenters. The van der Waals surface area contributed by atoms with Crippen LogP contribution in [0.1, 0.15) is 50.2 Å². The molecule has 0 bridgehead atoms. The lowest BCUT2D eigenvalue weighted by atomic mass is 9.64. The highest BCUT2D eigenvalue weighted by atomic mass is 16.5. The van der Waals surface area contributed by atoms with E-state index < -0.39 is 0 Å². The van der Waals surface area contributed by atoms with Crippen molar-refractivity contribution in [3.05, 3.63) is 29.3 Å². The lowest BCUT2D eigenvalue weighted by molar-refractivity contribution is 0.161. The molecule has 0 heterocycles. The molecule has 1 saturated carbocycles. The molecule has 0 spiro atoms. The summed E-state index contributed by atoms with van der Waals surface area (Å²) in [4.78, 5) is 0. The molecule has 1 fully saturated rings. The van der Waals surface area contributed by atoms with E-state index in [0.717, 1.165) is 18.2 Å². The summed E-state index contributed by atoms with van der Waals surface area (Å²) in [6.45, 7) is 8.16. The van der Waals surface area contributed by atoms with Gasteiger partial charge in [0.1, 0.15) is 5.75 Å². The summed E-state index contributed by atoms with van der Waals surface area (Å²) >= 11 is 0. The van der Waals surface area contributed by atoms with Crippen LogP contribution in [0, 0.1) is 18.3 Å². The maximum absolute atomic E-state index is 5.34. The number of rotatable bonds is 4. The smallest absolute Gasteiger partial charge is 0.119 e. The van der Waals surface area contributed by atoms with Crippen molar-refractivity contribution in [1.82, 2.24) is 5.32 Å². The van der Waals surface area contributed by atoms with Crippen molar-refractivity contribution in [2.24, 2.45) is 11.3 Å². The van der Waals surface area contributed by atoms with Crippen LogP contribution in [0.2, 0.25) is 0 Å². The second kappa shape index (κ2) is 6.17. The molecule has 2 nitrogen and oxygen atoms in total. The van der Waals surface area contributed by atoms with E-state index in [-0.39, 0.29) is 0 Å². The van der Waals surface area contributed by atoms with E-state index in [9.17, 15) is 0 Å². The van der Waals surface area contributed by atoms with Gasteiger partial charge in [-0.3, -0.25) is 0 Å². The van der Waals surface area contributed by atoms with E-state index in [4.69, 9.17) is 4.74 Å². The molecule has 20 heavy (non-hydrogen) atoms. The molecular formula is C18H29NO. The predicted molar refractivity (Wildman–Crippen MR) is 85.5 cm³/mol. The van der Waals surface area contributed by atoms with Crippen LogP contribution >= 0.6 is 0 Å². The average Bonchev–Trinajstić information content (AvgIpc) is 2.40. The number of hydrogen-bond donors (Lipinski definition) is 1. The fourth-order valence-electron chi connectivity index (χ4n) is 3.70. The summed E-state index contributed by atoms with van der Waals surface area (Å²) in [7, 11) is 3.81. The van der Waals surface area contributed by atoms with E-state index >= 15 is 0 Å². The van der Waals surface area contributed by atoms with E-state index in [1.165, 1.54) is 30.4 Å². The van der Waals surface area contributed by atoms with Gasteiger partial charge in [0.05, 0.1) is 7.11 Å². The number of nitrogens with one attached hydrogen (secondary N) is 1. The number of hydrogen-bond acceptors (Lipinski definition) is 2. The molecule has 0 radical (unpaired) electrons. The molecule has 1 aromatic rings. The monoisotopic (exact) mass is 275 g/mol. The Bertz CT molecular complexity index is 453. The summed E-state index contributed by atoms with van der Waals surface area (Å²) in [5, 5.41) is 3.38. The van der Waals surface area contributed by atoms with Gasteiger partial charge in [-0.15, -0.1) is 0 Å². The fourth-order valence-corrected chi connectivity index (χ4v) is 3.70. The van der Waals surface area contributed by atoms with Gasteiger partial charge in [0.25, 0.3) is 0 Å². The summed E-state index contributed by atoms with van der Waals surface area (Å²) in [5.41, 5.74) is 3.34. The van der Waals surface area contributed by atoms with E-state index in [0.29, 0.717) is 11.3 Å². The zero-order valence-corrected chi connectivity index (χ0v) is 13.6. The molecule has 1 N–H and O–H groups in total. The van der Waals surface area contributed by atoms with Crippen molar-refractivity contribution < 1.29 is 4.74 Å². The zero-order valence-electron chi connectivity index (χ0n) is 13.6. The Morgan fingerprint density at radius 1 is 1.35 bits per heavy atom. The second-order valence-corrected chi connectivity index (χ2v) is 7.05. The molecule has 1 aromatic carbocycles. The summed E-state index contributed by atoms with van der Waals surface area (Å²) in [5.74, 6) is 2.38. The molecule has 2 atom stereocenters. The van der Waals surface area contributed by atoms with Crippen LogP contribution in [0.5, 0.6) is 5.75 Å². The normalized spacial score (nSPS) is 25.4. The molecule has 2 heteroatoms. The van der Waals surface area contributed by atoms with Crippen molar-refractivity contribution >= 4 is 0 Å². The first-order chi connectivity index (χ1) is 9.46. The van der Waals surface area contributed by atoms with Crippen LogP contribution in [0.4, 0.5) is 0 Å². The Balaban J connectivity index is 2.30. The number of methoxy groups -OCH3 is 1. The predicted octanol–water partition coefficient (Wildman–Crippen LogP) is 4.13. The molecule has 0 amide bonds. The van der Waals surface area contributed by atoms with Crippen LogP contribution in [0.3, 0.4) is 0 Å². The van der Waals surface area contributed by atoms with Crippen LogP contribution in [-0.4, -0.2) is 20.7 Å². The molecule has 1 aliphatic rings. The number of aryl methyl sites for hydroxylation is 1. The molecule has 1 aliphatic carbocycles. The zero-order chi connectivity index (χ0) is 14.8. The third-order valence-corrected chi connectivity index (χ3v) is 4.88. The standard InChI is InChI=1S/C18H29NO/c1-13-10-15(20-5)6-7-16(13)17-11-18(2,3)9-8-14(17)12-19-4/h6-7,10,14,17,19H,8-9,11-12H2,1-5H3. The van der Waals surface area contributed by atoms with Crippen molar-refractivity contribution in [2.75, 3.05) is 20.7 Å². The highest BCUT2D eigenvalue weighted by Crippen LogP contribution is 2.47. The summed E-state index contributed by atoms with van der Waals surface area (Å²) in [6, 6.07) is 6.57. The number of ether oxygens (including phenoxy) is 1. The van der Waals surface area contributed by atoms with Gasteiger partial charge < -0.3 is 10.1 Å². The van der Waals surface area contributed by atoms with Crippen LogP contribution < -0.4 is 10.1 Å². The van der Waals surface area contributed by atoms with Gasteiger partial charge in [0.2, 0.25) is 0 Å². The first kappa shape index (κ1) is 15.4. The van der Waals surface area contributed by atoms with Crippen molar-refractivity contribution in [1.29, 1.82) is 0 Å². The first-order valence-electron chi connectivity index (χ1n) is 7.76. The Morgan fingerprint density at radius 2 is 2.10 bits per heavy atom. The Kier molecular flexibility index (Phi) is 4.74. The van der Waals surface area contributed by atoms with Gasteiger partial charge in [-0.25, -0.2) is 0 Å². The van der Waals surface area contributed by atoms with E-state index in [1.54, 1.807) is 7.11 Å². The van der Waals surface area contributed by atoms with E-state index in [1.807, 2.05) is 0 Å². The van der Waals surface area contributed by atoms with Crippen LogP contribution in [0.15, 0.2) is 18.2 Å². The van der Waals surface area contributed by atoms with Crippen molar-refractivity contribution in [2.45, 2.75) is 46.0 Å². The maximum Gasteiger partial charge on any atom is 0.119 e. The largest absolute Gasteiger partial charge is 0.497 e. The summed E-state index contributed by atoms with van der Waals surface area (Å²) in [6.07, 6.45) is 3.95. The van der Waals surface area contributed by atoms with Gasteiger partial charge in [-0.2, -0.15) is 0 Å². The lowest BCUT2D eigenvalue weighted by Gasteiger charge is -2.41. The Morgan fingerprint density at radius 3 is 2.70 bits per heavy atom.